The number of hydrogen-bond donors (Lipinski definition) is 0. The van der Waals surface area contributed by atoms with Crippen LogP contribution in [0, 0.1) is 20.8 Å². The first-order chi connectivity index (χ1) is 7.49. The summed E-state index contributed by atoms with van der Waals surface area (Å²) in [6.45, 7) is 6.04. The summed E-state index contributed by atoms with van der Waals surface area (Å²) in [4.78, 5) is 4.51. The van der Waals surface area contributed by atoms with Crippen LogP contribution in [-0.4, -0.2) is 9.55 Å². The van der Waals surface area contributed by atoms with E-state index in [0.29, 0.717) is 0 Å². The summed E-state index contributed by atoms with van der Waals surface area (Å²) >= 11 is 6.15. The molecule has 1 heterocycles. The van der Waals surface area contributed by atoms with Crippen LogP contribution in [-0.2, 0) is 7.05 Å². The minimum atomic E-state index is 0.844. The molecule has 0 bridgehead atoms. The molecule has 0 saturated carbocycles. The van der Waals surface area contributed by atoms with Crippen molar-refractivity contribution in [2.75, 3.05) is 0 Å². The first-order valence-electron chi connectivity index (χ1n) is 5.26. The summed E-state index contributed by atoms with van der Waals surface area (Å²) in [7, 11) is 2.00. The molecule has 3 heteroatoms. The summed E-state index contributed by atoms with van der Waals surface area (Å²) in [5.74, 6) is 1.01. The molecule has 0 aliphatic carbocycles. The van der Waals surface area contributed by atoms with E-state index in [0.717, 1.165) is 33.2 Å². The maximum Gasteiger partial charge on any atom is 0.105 e. The molecule has 0 saturated heterocycles. The Bertz CT molecular complexity index is 498. The standard InChI is InChI=1S/C13H15ClN2/c1-8-5-11(6-9(2)13(8)14)12-7-16(4)10(3)15-12/h5-7H,1-4H3. The fourth-order valence-electron chi connectivity index (χ4n) is 1.79. The Kier molecular flexibility index (Phi) is 2.76. The van der Waals surface area contributed by atoms with Crippen molar-refractivity contribution in [1.82, 2.24) is 9.55 Å². The third-order valence-corrected chi connectivity index (χ3v) is 3.44. The van der Waals surface area contributed by atoms with Gasteiger partial charge in [0.15, 0.2) is 0 Å². The number of aryl methyl sites for hydroxylation is 4. The maximum absolute atomic E-state index is 6.15. The van der Waals surface area contributed by atoms with Crippen molar-refractivity contribution in [1.29, 1.82) is 0 Å². The molecular formula is C13H15ClN2. The van der Waals surface area contributed by atoms with Gasteiger partial charge in [0.2, 0.25) is 0 Å². The second-order valence-electron chi connectivity index (χ2n) is 4.21. The SMILES string of the molecule is Cc1cc(-c2cn(C)c(C)n2)cc(C)c1Cl. The van der Waals surface area contributed by atoms with E-state index in [1.54, 1.807) is 0 Å². The van der Waals surface area contributed by atoms with Crippen LogP contribution in [0.5, 0.6) is 0 Å². The average molecular weight is 235 g/mol. The molecule has 0 atom stereocenters. The monoisotopic (exact) mass is 234 g/mol. The second-order valence-corrected chi connectivity index (χ2v) is 4.59. The molecule has 84 valence electrons. The summed E-state index contributed by atoms with van der Waals surface area (Å²) in [6.07, 6.45) is 2.04. The molecule has 0 radical (unpaired) electrons. The predicted molar refractivity (Wildman–Crippen MR) is 67.9 cm³/mol. The van der Waals surface area contributed by atoms with Crippen LogP contribution >= 0.6 is 11.6 Å². The van der Waals surface area contributed by atoms with E-state index < -0.39 is 0 Å². The van der Waals surface area contributed by atoms with E-state index in [1.165, 1.54) is 0 Å². The zero-order valence-electron chi connectivity index (χ0n) is 10.0. The fraction of sp³-hybridized carbons (Fsp3) is 0.308. The lowest BCUT2D eigenvalue weighted by atomic mass is 10.1. The molecule has 2 rings (SSSR count). The van der Waals surface area contributed by atoms with Crippen LogP contribution in [0.1, 0.15) is 17.0 Å². The van der Waals surface area contributed by atoms with Gasteiger partial charge in [-0.2, -0.15) is 0 Å². The van der Waals surface area contributed by atoms with E-state index >= 15 is 0 Å². The summed E-state index contributed by atoms with van der Waals surface area (Å²) in [5, 5.41) is 0.844. The molecule has 0 aliphatic heterocycles. The van der Waals surface area contributed by atoms with Gasteiger partial charge in [-0.15, -0.1) is 0 Å². The lowest BCUT2D eigenvalue weighted by molar-refractivity contribution is 0.858. The van der Waals surface area contributed by atoms with Crippen LogP contribution in [0.15, 0.2) is 18.3 Å². The number of benzene rings is 1. The van der Waals surface area contributed by atoms with Gasteiger partial charge in [-0.3, -0.25) is 0 Å². The molecule has 0 spiro atoms. The van der Waals surface area contributed by atoms with Gasteiger partial charge in [0.1, 0.15) is 5.82 Å². The molecule has 0 unspecified atom stereocenters. The second kappa shape index (κ2) is 3.95. The van der Waals surface area contributed by atoms with Crippen LogP contribution in [0.3, 0.4) is 0 Å². The normalized spacial score (nSPS) is 10.8. The number of rotatable bonds is 1. The van der Waals surface area contributed by atoms with Crippen molar-refractivity contribution in [3.05, 3.63) is 40.3 Å². The Morgan fingerprint density at radius 3 is 2.12 bits per heavy atom. The van der Waals surface area contributed by atoms with E-state index in [2.05, 4.69) is 17.1 Å². The van der Waals surface area contributed by atoms with Gasteiger partial charge in [0.05, 0.1) is 5.69 Å². The minimum absolute atomic E-state index is 0.844. The third-order valence-electron chi connectivity index (χ3n) is 2.84. The number of nitrogens with zero attached hydrogens (tertiary/aromatic N) is 2. The molecule has 16 heavy (non-hydrogen) atoms. The summed E-state index contributed by atoms with van der Waals surface area (Å²) in [5.41, 5.74) is 4.32. The van der Waals surface area contributed by atoms with Gasteiger partial charge in [-0.1, -0.05) is 11.6 Å². The molecule has 0 amide bonds. The Hall–Kier alpha value is -1.28. The first kappa shape index (κ1) is 11.2. The molecule has 1 aromatic carbocycles. The Morgan fingerprint density at radius 1 is 1.12 bits per heavy atom. The van der Waals surface area contributed by atoms with Crippen molar-refractivity contribution >= 4 is 11.6 Å². The van der Waals surface area contributed by atoms with Crippen molar-refractivity contribution in [3.8, 4) is 11.3 Å². The maximum atomic E-state index is 6.15. The zero-order chi connectivity index (χ0) is 11.9. The quantitative estimate of drug-likeness (QED) is 0.736. The Morgan fingerprint density at radius 2 is 1.69 bits per heavy atom. The van der Waals surface area contributed by atoms with Crippen LogP contribution < -0.4 is 0 Å². The largest absolute Gasteiger partial charge is 0.338 e. The van der Waals surface area contributed by atoms with Crippen molar-refractivity contribution < 1.29 is 0 Å². The number of aromatic nitrogens is 2. The number of hydrogen-bond acceptors (Lipinski definition) is 1. The molecule has 2 aromatic rings. The van der Waals surface area contributed by atoms with Crippen molar-refractivity contribution in [3.63, 3.8) is 0 Å². The van der Waals surface area contributed by atoms with Crippen LogP contribution in [0.25, 0.3) is 11.3 Å². The lowest BCUT2D eigenvalue weighted by Gasteiger charge is -2.05. The number of imidazole rings is 1. The van der Waals surface area contributed by atoms with Gasteiger partial charge in [0, 0.05) is 23.8 Å². The first-order valence-corrected chi connectivity index (χ1v) is 5.64. The highest BCUT2D eigenvalue weighted by atomic mass is 35.5. The predicted octanol–water partition coefficient (Wildman–Crippen LogP) is 3.67. The molecule has 0 aliphatic rings. The molecular weight excluding hydrogens is 220 g/mol. The zero-order valence-corrected chi connectivity index (χ0v) is 10.8. The van der Waals surface area contributed by atoms with Gasteiger partial charge in [-0.05, 0) is 44.0 Å². The highest BCUT2D eigenvalue weighted by molar-refractivity contribution is 6.32. The fourth-order valence-corrected chi connectivity index (χ4v) is 1.90. The topological polar surface area (TPSA) is 17.8 Å². The molecule has 2 nitrogen and oxygen atoms in total. The van der Waals surface area contributed by atoms with Crippen molar-refractivity contribution in [2.45, 2.75) is 20.8 Å². The highest BCUT2D eigenvalue weighted by Crippen LogP contribution is 2.27. The van der Waals surface area contributed by atoms with E-state index in [1.807, 2.05) is 38.6 Å². The van der Waals surface area contributed by atoms with Crippen molar-refractivity contribution in [2.24, 2.45) is 7.05 Å². The average Bonchev–Trinajstić information content (AvgIpc) is 2.55. The smallest absolute Gasteiger partial charge is 0.105 e. The highest BCUT2D eigenvalue weighted by Gasteiger charge is 2.08. The molecule has 0 N–H and O–H groups in total. The lowest BCUT2D eigenvalue weighted by Crippen LogP contribution is -1.86. The van der Waals surface area contributed by atoms with Gasteiger partial charge < -0.3 is 4.57 Å². The van der Waals surface area contributed by atoms with Gasteiger partial charge in [-0.25, -0.2) is 4.98 Å². The van der Waals surface area contributed by atoms with Gasteiger partial charge >= 0.3 is 0 Å². The van der Waals surface area contributed by atoms with Crippen LogP contribution in [0.2, 0.25) is 5.02 Å². The third kappa shape index (κ3) is 1.85. The Balaban J connectivity index is 2.56. The summed E-state index contributed by atoms with van der Waals surface area (Å²) < 4.78 is 2.02. The minimum Gasteiger partial charge on any atom is -0.338 e. The molecule has 1 aromatic heterocycles. The Labute approximate surface area is 101 Å². The van der Waals surface area contributed by atoms with E-state index in [-0.39, 0.29) is 0 Å². The molecule has 0 fully saturated rings. The number of halogens is 1. The summed E-state index contributed by atoms with van der Waals surface area (Å²) in [6, 6.07) is 4.16. The van der Waals surface area contributed by atoms with E-state index in [4.69, 9.17) is 11.6 Å². The van der Waals surface area contributed by atoms with Gasteiger partial charge in [0.25, 0.3) is 0 Å². The van der Waals surface area contributed by atoms with E-state index in [9.17, 15) is 0 Å². The van der Waals surface area contributed by atoms with Crippen LogP contribution in [0.4, 0.5) is 0 Å².